The van der Waals surface area contributed by atoms with Gasteiger partial charge in [-0.25, -0.2) is 14.2 Å². The van der Waals surface area contributed by atoms with Crippen LogP contribution in [0.15, 0.2) is 58.7 Å². The number of aliphatic carboxylic acids is 1. The number of carbonyl (C=O) groups is 1. The number of halogens is 2. The van der Waals surface area contributed by atoms with Gasteiger partial charge in [-0.15, -0.1) is 0 Å². The highest BCUT2D eigenvalue weighted by Crippen LogP contribution is 2.37. The number of hydrogen-bond donors (Lipinski definition) is 1. The molecule has 0 bridgehead atoms. The topological polar surface area (TPSA) is 101 Å². The first kappa shape index (κ1) is 27.0. The van der Waals surface area contributed by atoms with E-state index in [1.54, 1.807) is 25.3 Å². The Hall–Kier alpha value is -4.01. The van der Waals surface area contributed by atoms with Crippen LogP contribution < -0.4 is 4.90 Å². The van der Waals surface area contributed by atoms with Crippen molar-refractivity contribution in [3.63, 3.8) is 0 Å². The second-order valence-corrected chi connectivity index (χ2v) is 10.3. The van der Waals surface area contributed by atoms with Gasteiger partial charge in [0.25, 0.3) is 0 Å². The monoisotopic (exact) mass is 572 g/mol. The predicted octanol–water partition coefficient (Wildman–Crippen LogP) is 6.73. The van der Waals surface area contributed by atoms with Gasteiger partial charge in [-0.2, -0.15) is 10.5 Å². The normalized spacial score (nSPS) is 14.1. The highest BCUT2D eigenvalue weighted by molar-refractivity contribution is 9.10. The number of anilines is 1. The van der Waals surface area contributed by atoms with Gasteiger partial charge in [0.2, 0.25) is 0 Å². The first-order valence-corrected chi connectivity index (χ1v) is 13.1. The Labute approximate surface area is 229 Å². The van der Waals surface area contributed by atoms with Crippen molar-refractivity contribution in [1.29, 1.82) is 10.5 Å². The minimum atomic E-state index is -0.917. The fraction of sp³-hybridized carbons (Fsp3) is 0.267. The summed E-state index contributed by atoms with van der Waals surface area (Å²) in [5, 5.41) is 28.1. The van der Waals surface area contributed by atoms with Gasteiger partial charge >= 0.3 is 5.97 Å². The van der Waals surface area contributed by atoms with Crippen LogP contribution in [0.25, 0.3) is 17.2 Å². The van der Waals surface area contributed by atoms with Gasteiger partial charge in [0.05, 0.1) is 5.56 Å². The zero-order valence-corrected chi connectivity index (χ0v) is 22.5. The van der Waals surface area contributed by atoms with E-state index in [9.17, 15) is 14.4 Å². The van der Waals surface area contributed by atoms with Crippen LogP contribution in [-0.4, -0.2) is 29.1 Å². The summed E-state index contributed by atoms with van der Waals surface area (Å²) in [5.41, 5.74) is 3.83. The van der Waals surface area contributed by atoms with Crippen LogP contribution in [0.1, 0.15) is 48.4 Å². The molecule has 1 aliphatic heterocycles. The van der Waals surface area contributed by atoms with E-state index < -0.39 is 11.8 Å². The summed E-state index contributed by atoms with van der Waals surface area (Å²) in [5.74, 6) is -0.399. The SMILES string of the molecule is C/C(=C\c1ccc(CCC2CCN(c3ncc(Br)c(-c4ccc(C#N)c(F)c4)c3C#N)CC2)cc1)C(=O)O. The molecule has 0 aliphatic carbocycles. The number of carboxylic acids is 1. The lowest BCUT2D eigenvalue weighted by Gasteiger charge is -2.33. The maximum absolute atomic E-state index is 14.3. The smallest absolute Gasteiger partial charge is 0.331 e. The van der Waals surface area contributed by atoms with Gasteiger partial charge in [0, 0.05) is 34.9 Å². The van der Waals surface area contributed by atoms with E-state index in [4.69, 9.17) is 10.4 Å². The molecule has 2 aromatic carbocycles. The number of hydrogen-bond acceptors (Lipinski definition) is 5. The zero-order valence-electron chi connectivity index (χ0n) is 20.9. The Kier molecular flexibility index (Phi) is 8.55. The molecule has 0 radical (unpaired) electrons. The summed E-state index contributed by atoms with van der Waals surface area (Å²) in [4.78, 5) is 17.7. The van der Waals surface area contributed by atoms with Crippen LogP contribution in [0.3, 0.4) is 0 Å². The van der Waals surface area contributed by atoms with E-state index in [1.165, 1.54) is 17.7 Å². The van der Waals surface area contributed by atoms with Crippen molar-refractivity contribution in [2.45, 2.75) is 32.6 Å². The Balaban J connectivity index is 1.42. The summed E-state index contributed by atoms with van der Waals surface area (Å²) in [6, 6.07) is 16.4. The molecule has 1 aliphatic rings. The van der Waals surface area contributed by atoms with E-state index in [2.05, 4.69) is 44.0 Å². The summed E-state index contributed by atoms with van der Waals surface area (Å²) in [7, 11) is 0. The molecule has 3 aromatic rings. The van der Waals surface area contributed by atoms with Crippen LogP contribution >= 0.6 is 15.9 Å². The maximum atomic E-state index is 14.3. The lowest BCUT2D eigenvalue weighted by atomic mass is 9.90. The standard InChI is InChI=1S/C30H26BrFN4O2/c1-19(30(37)38)14-22-6-4-20(5-7-22)2-3-21-10-12-36(13-11-21)29-25(17-34)28(26(31)18-35-29)23-8-9-24(16-33)27(32)15-23/h4-9,14-15,18,21H,2-3,10-13H2,1H3,(H,37,38)/b19-14+. The fourth-order valence-corrected chi connectivity index (χ4v) is 5.29. The Morgan fingerprint density at radius 3 is 2.50 bits per heavy atom. The van der Waals surface area contributed by atoms with Crippen LogP contribution in [0.5, 0.6) is 0 Å². The number of piperidine rings is 1. The quantitative estimate of drug-likeness (QED) is 0.315. The predicted molar refractivity (Wildman–Crippen MR) is 148 cm³/mol. The zero-order chi connectivity index (χ0) is 27.2. The van der Waals surface area contributed by atoms with Gasteiger partial charge < -0.3 is 10.0 Å². The number of aromatic nitrogens is 1. The van der Waals surface area contributed by atoms with E-state index in [-0.39, 0.29) is 5.56 Å². The molecule has 1 fully saturated rings. The molecule has 0 saturated carbocycles. The minimum absolute atomic E-state index is 0.0409. The number of carboxylic acid groups (broad SMARTS) is 1. The Morgan fingerprint density at radius 2 is 1.89 bits per heavy atom. The summed E-state index contributed by atoms with van der Waals surface area (Å²) in [6.07, 6.45) is 7.25. The number of nitrogens with zero attached hydrogens (tertiary/aromatic N) is 4. The third kappa shape index (κ3) is 6.10. The molecular formula is C30H26BrFN4O2. The third-order valence-corrected chi connectivity index (χ3v) is 7.56. The number of benzene rings is 2. The van der Waals surface area contributed by atoms with E-state index >= 15 is 0 Å². The summed E-state index contributed by atoms with van der Waals surface area (Å²) >= 11 is 3.47. The molecule has 6 nitrogen and oxygen atoms in total. The van der Waals surface area contributed by atoms with Crippen molar-refractivity contribution in [3.05, 3.63) is 86.8 Å². The summed E-state index contributed by atoms with van der Waals surface area (Å²) < 4.78 is 14.9. The van der Waals surface area contributed by atoms with Crippen molar-refractivity contribution in [1.82, 2.24) is 4.98 Å². The van der Waals surface area contributed by atoms with Gasteiger partial charge in [0.1, 0.15) is 29.3 Å². The molecule has 0 unspecified atom stereocenters. The van der Waals surface area contributed by atoms with Crippen molar-refractivity contribution in [2.24, 2.45) is 5.92 Å². The molecule has 2 heterocycles. The molecule has 1 N–H and O–H groups in total. The molecular weight excluding hydrogens is 547 g/mol. The number of aryl methyl sites for hydroxylation is 1. The van der Waals surface area contributed by atoms with Crippen molar-refractivity contribution >= 4 is 33.8 Å². The second kappa shape index (κ2) is 12.0. The highest BCUT2D eigenvalue weighted by atomic mass is 79.9. The van der Waals surface area contributed by atoms with E-state index in [1.807, 2.05) is 18.2 Å². The molecule has 38 heavy (non-hydrogen) atoms. The van der Waals surface area contributed by atoms with Crippen LogP contribution in [0.4, 0.5) is 10.2 Å². The number of nitriles is 2. The molecule has 4 rings (SSSR count). The maximum Gasteiger partial charge on any atom is 0.331 e. The second-order valence-electron chi connectivity index (χ2n) is 9.44. The molecule has 1 aromatic heterocycles. The minimum Gasteiger partial charge on any atom is -0.478 e. The first-order valence-electron chi connectivity index (χ1n) is 12.3. The fourth-order valence-electron chi connectivity index (χ4n) is 4.76. The molecule has 1 saturated heterocycles. The van der Waals surface area contributed by atoms with Gasteiger partial charge in [-0.05, 0) is 89.4 Å². The van der Waals surface area contributed by atoms with Crippen LogP contribution in [0, 0.1) is 34.4 Å². The largest absolute Gasteiger partial charge is 0.478 e. The highest BCUT2D eigenvalue weighted by Gasteiger charge is 2.25. The van der Waals surface area contributed by atoms with Gasteiger partial charge in [0.15, 0.2) is 0 Å². The van der Waals surface area contributed by atoms with Crippen LogP contribution in [0.2, 0.25) is 0 Å². The van der Waals surface area contributed by atoms with E-state index in [0.717, 1.165) is 44.3 Å². The molecule has 192 valence electrons. The Bertz CT molecular complexity index is 1460. The number of rotatable bonds is 7. The molecule has 8 heteroatoms. The molecule has 0 atom stereocenters. The lowest BCUT2D eigenvalue weighted by Crippen LogP contribution is -2.35. The molecule has 0 amide bonds. The van der Waals surface area contributed by atoms with Crippen molar-refractivity contribution in [2.75, 3.05) is 18.0 Å². The Morgan fingerprint density at radius 1 is 1.18 bits per heavy atom. The summed E-state index contributed by atoms with van der Waals surface area (Å²) in [6.45, 7) is 3.13. The van der Waals surface area contributed by atoms with Crippen molar-refractivity contribution in [3.8, 4) is 23.3 Å². The average molecular weight is 573 g/mol. The van der Waals surface area contributed by atoms with Crippen LogP contribution in [-0.2, 0) is 11.2 Å². The average Bonchev–Trinajstić information content (AvgIpc) is 2.92. The van der Waals surface area contributed by atoms with E-state index in [0.29, 0.717) is 38.5 Å². The van der Waals surface area contributed by atoms with Gasteiger partial charge in [-0.1, -0.05) is 30.3 Å². The van der Waals surface area contributed by atoms with Crippen molar-refractivity contribution < 1.29 is 14.3 Å². The van der Waals surface area contributed by atoms with Gasteiger partial charge in [-0.3, -0.25) is 0 Å². The lowest BCUT2D eigenvalue weighted by molar-refractivity contribution is -0.132. The third-order valence-electron chi connectivity index (χ3n) is 6.96. The molecule has 0 spiro atoms. The first-order chi connectivity index (χ1) is 18.3. The number of pyridine rings is 1.